The molecule has 0 heterocycles. The van der Waals surface area contributed by atoms with Gasteiger partial charge in [-0.2, -0.15) is 0 Å². The zero-order valence-corrected chi connectivity index (χ0v) is 14.0. The van der Waals surface area contributed by atoms with E-state index in [-0.39, 0.29) is 25.4 Å². The van der Waals surface area contributed by atoms with Crippen molar-refractivity contribution in [1.82, 2.24) is 0 Å². The predicted molar refractivity (Wildman–Crippen MR) is 84.7 cm³/mol. The van der Waals surface area contributed by atoms with Crippen LogP contribution in [0.3, 0.4) is 0 Å². The maximum Gasteiger partial charge on any atom is 0.341 e. The van der Waals surface area contributed by atoms with E-state index < -0.39 is 13.3 Å². The van der Waals surface area contributed by atoms with Gasteiger partial charge in [0.15, 0.2) is 5.78 Å². The molecule has 4 nitrogen and oxygen atoms in total. The first kappa shape index (κ1) is 18.1. The van der Waals surface area contributed by atoms with E-state index in [0.717, 1.165) is 12.0 Å². The first-order valence-electron chi connectivity index (χ1n) is 7.52. The van der Waals surface area contributed by atoms with Crippen LogP contribution in [0.25, 0.3) is 0 Å². The first-order chi connectivity index (χ1) is 10.1. The largest absolute Gasteiger partial charge is 0.341 e. The van der Waals surface area contributed by atoms with E-state index in [2.05, 4.69) is 0 Å². The standard InChI is InChI=1S/C16H25O4P/c1-4-10-16(21(18,19-5-2)20-6-3)15(17)13-14-11-8-7-9-12-14/h7-9,11-12,16H,4-6,10,13H2,1-3H3. The Labute approximate surface area is 127 Å². The van der Waals surface area contributed by atoms with Gasteiger partial charge < -0.3 is 9.05 Å². The number of hydrogen-bond acceptors (Lipinski definition) is 4. The predicted octanol–water partition coefficient (Wildman–Crippen LogP) is 4.23. The molecule has 0 amide bonds. The summed E-state index contributed by atoms with van der Waals surface area (Å²) in [5.41, 5.74) is 0.241. The van der Waals surface area contributed by atoms with Gasteiger partial charge >= 0.3 is 7.60 Å². The Balaban J connectivity index is 2.92. The molecule has 0 radical (unpaired) electrons. The molecule has 118 valence electrons. The van der Waals surface area contributed by atoms with E-state index in [0.29, 0.717) is 6.42 Å². The molecule has 0 aliphatic rings. The maximum atomic E-state index is 12.9. The molecule has 1 atom stereocenters. The Bertz CT molecular complexity index is 462. The van der Waals surface area contributed by atoms with Crippen LogP contribution in [-0.2, 0) is 24.8 Å². The smallest absolute Gasteiger partial charge is 0.308 e. The lowest BCUT2D eigenvalue weighted by atomic mass is 10.0. The quantitative estimate of drug-likeness (QED) is 0.607. The fourth-order valence-corrected chi connectivity index (χ4v) is 4.43. The molecule has 1 unspecified atom stereocenters. The second kappa shape index (κ2) is 9.14. The molecule has 1 aromatic carbocycles. The minimum Gasteiger partial charge on any atom is -0.308 e. The number of hydrogen-bond donors (Lipinski definition) is 0. The second-order valence-electron chi connectivity index (χ2n) is 4.81. The molecule has 21 heavy (non-hydrogen) atoms. The van der Waals surface area contributed by atoms with Gasteiger partial charge in [-0.25, -0.2) is 0 Å². The van der Waals surface area contributed by atoms with Crippen LogP contribution in [0.1, 0.15) is 39.2 Å². The lowest BCUT2D eigenvalue weighted by molar-refractivity contribution is -0.118. The molecule has 0 fully saturated rings. The summed E-state index contributed by atoms with van der Waals surface area (Å²) in [5, 5.41) is 0. The van der Waals surface area contributed by atoms with Crippen LogP contribution in [0, 0.1) is 0 Å². The van der Waals surface area contributed by atoms with E-state index in [9.17, 15) is 9.36 Å². The summed E-state index contributed by atoms with van der Waals surface area (Å²) in [6.45, 7) is 6.03. The number of ketones is 1. The molecule has 0 aliphatic heterocycles. The van der Waals surface area contributed by atoms with Crippen molar-refractivity contribution in [2.24, 2.45) is 0 Å². The van der Waals surface area contributed by atoms with Crippen molar-refractivity contribution in [2.45, 2.75) is 45.7 Å². The highest BCUT2D eigenvalue weighted by molar-refractivity contribution is 7.55. The van der Waals surface area contributed by atoms with E-state index in [1.165, 1.54) is 0 Å². The van der Waals surface area contributed by atoms with Crippen molar-refractivity contribution in [2.75, 3.05) is 13.2 Å². The van der Waals surface area contributed by atoms with Crippen molar-refractivity contribution in [3.05, 3.63) is 35.9 Å². The average molecular weight is 312 g/mol. The molecule has 0 N–H and O–H groups in total. The van der Waals surface area contributed by atoms with Crippen LogP contribution in [0.4, 0.5) is 0 Å². The Morgan fingerprint density at radius 3 is 2.14 bits per heavy atom. The van der Waals surface area contributed by atoms with Gasteiger partial charge in [0, 0.05) is 6.42 Å². The minimum atomic E-state index is -3.39. The van der Waals surface area contributed by atoms with Crippen LogP contribution in [0.15, 0.2) is 30.3 Å². The maximum absolute atomic E-state index is 12.9. The molecule has 0 saturated heterocycles. The minimum absolute atomic E-state index is 0.0757. The van der Waals surface area contributed by atoms with Crippen LogP contribution < -0.4 is 0 Å². The highest BCUT2D eigenvalue weighted by atomic mass is 31.2. The van der Waals surface area contributed by atoms with Gasteiger partial charge in [0.05, 0.1) is 13.2 Å². The Hall–Kier alpha value is -0.960. The third-order valence-electron chi connectivity index (χ3n) is 3.15. The van der Waals surface area contributed by atoms with Crippen molar-refractivity contribution >= 4 is 13.4 Å². The molecule has 0 bridgehead atoms. The summed E-state index contributed by atoms with van der Waals surface area (Å²) < 4.78 is 23.6. The number of carbonyl (C=O) groups is 1. The first-order valence-corrected chi connectivity index (χ1v) is 9.14. The summed E-state index contributed by atoms with van der Waals surface area (Å²) in [5.74, 6) is -0.0757. The normalized spacial score (nSPS) is 13.1. The third kappa shape index (κ3) is 5.39. The zero-order valence-electron chi connectivity index (χ0n) is 13.1. The SMILES string of the molecule is CCCC(C(=O)Cc1ccccc1)P(=O)(OCC)OCC. The third-order valence-corrected chi connectivity index (χ3v) is 5.70. The lowest BCUT2D eigenvalue weighted by Crippen LogP contribution is -2.25. The Morgan fingerprint density at radius 1 is 1.10 bits per heavy atom. The fourth-order valence-electron chi connectivity index (χ4n) is 2.26. The highest BCUT2D eigenvalue weighted by Crippen LogP contribution is 2.55. The second-order valence-corrected chi connectivity index (χ2v) is 7.03. The van der Waals surface area contributed by atoms with Gasteiger partial charge in [-0.05, 0) is 25.8 Å². The lowest BCUT2D eigenvalue weighted by Gasteiger charge is -2.25. The van der Waals surface area contributed by atoms with Gasteiger partial charge in [0.1, 0.15) is 5.66 Å². The highest BCUT2D eigenvalue weighted by Gasteiger charge is 2.39. The van der Waals surface area contributed by atoms with Crippen molar-refractivity contribution in [1.29, 1.82) is 0 Å². The number of carbonyl (C=O) groups excluding carboxylic acids is 1. The van der Waals surface area contributed by atoms with Crippen molar-refractivity contribution < 1.29 is 18.4 Å². The van der Waals surface area contributed by atoms with E-state index >= 15 is 0 Å². The Morgan fingerprint density at radius 2 is 1.67 bits per heavy atom. The fraction of sp³-hybridized carbons (Fsp3) is 0.562. The van der Waals surface area contributed by atoms with Crippen LogP contribution in [0.2, 0.25) is 0 Å². The number of rotatable bonds is 10. The van der Waals surface area contributed by atoms with Crippen LogP contribution in [0.5, 0.6) is 0 Å². The van der Waals surface area contributed by atoms with Gasteiger partial charge in [-0.1, -0.05) is 43.7 Å². The van der Waals surface area contributed by atoms with Crippen LogP contribution >= 0.6 is 7.60 Å². The summed E-state index contributed by atoms with van der Waals surface area (Å²) in [6, 6.07) is 9.48. The van der Waals surface area contributed by atoms with E-state index in [1.807, 2.05) is 37.3 Å². The summed E-state index contributed by atoms with van der Waals surface area (Å²) in [4.78, 5) is 12.6. The number of benzene rings is 1. The van der Waals surface area contributed by atoms with E-state index in [1.54, 1.807) is 13.8 Å². The molecule has 0 saturated carbocycles. The molecule has 0 spiro atoms. The molecule has 0 aliphatic carbocycles. The van der Waals surface area contributed by atoms with Gasteiger partial charge in [0.2, 0.25) is 0 Å². The monoisotopic (exact) mass is 312 g/mol. The molecular formula is C16H25O4P. The topological polar surface area (TPSA) is 52.6 Å². The average Bonchev–Trinajstić information content (AvgIpc) is 2.46. The zero-order chi connectivity index (χ0) is 15.7. The summed E-state index contributed by atoms with van der Waals surface area (Å²) >= 11 is 0. The van der Waals surface area contributed by atoms with Gasteiger partial charge in [-0.15, -0.1) is 0 Å². The molecular weight excluding hydrogens is 287 g/mol. The van der Waals surface area contributed by atoms with Gasteiger partial charge in [0.25, 0.3) is 0 Å². The molecule has 1 aromatic rings. The van der Waals surface area contributed by atoms with Crippen molar-refractivity contribution in [3.63, 3.8) is 0 Å². The van der Waals surface area contributed by atoms with Crippen LogP contribution in [-0.4, -0.2) is 24.7 Å². The summed E-state index contributed by atoms with van der Waals surface area (Å²) in [6.07, 6.45) is 1.54. The molecule has 5 heteroatoms. The molecule has 1 rings (SSSR count). The molecule has 0 aromatic heterocycles. The Kier molecular flexibility index (Phi) is 7.87. The van der Waals surface area contributed by atoms with Crippen molar-refractivity contribution in [3.8, 4) is 0 Å². The summed E-state index contributed by atoms with van der Waals surface area (Å²) in [7, 11) is -3.39. The number of Topliss-reactive ketones (excluding diaryl/α,β-unsaturated/α-hetero) is 1. The van der Waals surface area contributed by atoms with E-state index in [4.69, 9.17) is 9.05 Å². The van der Waals surface area contributed by atoms with Gasteiger partial charge in [-0.3, -0.25) is 9.36 Å².